The van der Waals surface area contributed by atoms with E-state index < -0.39 is 5.25 Å². The lowest BCUT2D eigenvalue weighted by atomic mass is 10.2. The van der Waals surface area contributed by atoms with E-state index in [1.807, 2.05) is 30.3 Å². The van der Waals surface area contributed by atoms with Crippen LogP contribution in [0.15, 0.2) is 53.5 Å². The molecule has 2 aromatic carbocycles. The first-order chi connectivity index (χ1) is 12.0. The predicted octanol–water partition coefficient (Wildman–Crippen LogP) is 4.24. The molecule has 1 aliphatic rings. The summed E-state index contributed by atoms with van der Waals surface area (Å²) in [5, 5.41) is 6.13. The molecule has 0 aliphatic carbocycles. The first kappa shape index (κ1) is 17.8. The molecule has 3 rings (SSSR count). The number of amides is 2. The van der Waals surface area contributed by atoms with Crippen LogP contribution in [0.5, 0.6) is 0 Å². The largest absolute Gasteiger partial charge is 0.326 e. The van der Waals surface area contributed by atoms with Crippen molar-refractivity contribution in [2.75, 3.05) is 5.32 Å². The van der Waals surface area contributed by atoms with Crippen LogP contribution in [0.3, 0.4) is 0 Å². The molecule has 2 amide bonds. The Kier molecular flexibility index (Phi) is 5.63. The Bertz CT molecular complexity index is 843. The summed E-state index contributed by atoms with van der Waals surface area (Å²) in [6.07, 6.45) is 0.0323. The van der Waals surface area contributed by atoms with Crippen molar-refractivity contribution in [2.24, 2.45) is 4.99 Å². The zero-order chi connectivity index (χ0) is 17.8. The van der Waals surface area contributed by atoms with E-state index in [2.05, 4.69) is 15.6 Å². The fourth-order valence-corrected chi connectivity index (χ4v) is 3.45. The molecule has 8 heteroatoms. The van der Waals surface area contributed by atoms with E-state index in [4.69, 9.17) is 23.2 Å². The zero-order valence-corrected chi connectivity index (χ0v) is 15.2. The number of aliphatic imine (C=N–C) groups is 1. The number of carbonyl (C=O) groups is 2. The molecule has 1 aliphatic heterocycles. The van der Waals surface area contributed by atoms with Crippen LogP contribution < -0.4 is 10.6 Å². The molecule has 0 aromatic heterocycles. The van der Waals surface area contributed by atoms with Crippen molar-refractivity contribution < 1.29 is 9.59 Å². The lowest BCUT2D eigenvalue weighted by Crippen LogP contribution is -2.28. The fraction of sp³-hybridized carbons (Fsp3) is 0.118. The highest BCUT2D eigenvalue weighted by Gasteiger charge is 2.32. The van der Waals surface area contributed by atoms with Crippen molar-refractivity contribution in [3.63, 3.8) is 0 Å². The number of hydrogen-bond acceptors (Lipinski definition) is 4. The molecule has 25 heavy (non-hydrogen) atoms. The minimum Gasteiger partial charge on any atom is -0.326 e. The first-order valence-electron chi connectivity index (χ1n) is 7.37. The lowest BCUT2D eigenvalue weighted by molar-refractivity contribution is -0.122. The van der Waals surface area contributed by atoms with Gasteiger partial charge in [0.1, 0.15) is 5.25 Å². The number of para-hydroxylation sites is 1. The lowest BCUT2D eigenvalue weighted by Gasteiger charge is -2.08. The smallest absolute Gasteiger partial charge is 0.240 e. The molecule has 1 atom stereocenters. The summed E-state index contributed by atoms with van der Waals surface area (Å²) in [5.74, 6) is -0.518. The molecule has 1 fully saturated rings. The highest BCUT2D eigenvalue weighted by atomic mass is 35.5. The zero-order valence-electron chi connectivity index (χ0n) is 12.8. The van der Waals surface area contributed by atoms with Gasteiger partial charge < -0.3 is 10.6 Å². The first-order valence-corrected chi connectivity index (χ1v) is 9.01. The van der Waals surface area contributed by atoms with Crippen LogP contribution in [0.2, 0.25) is 10.0 Å². The van der Waals surface area contributed by atoms with Crippen LogP contribution in [0.25, 0.3) is 0 Å². The van der Waals surface area contributed by atoms with Crippen molar-refractivity contribution in [1.82, 2.24) is 5.32 Å². The minimum atomic E-state index is -0.523. The van der Waals surface area contributed by atoms with Crippen LogP contribution in [0.1, 0.15) is 6.42 Å². The number of anilines is 1. The van der Waals surface area contributed by atoms with E-state index >= 15 is 0 Å². The second-order valence-corrected chi connectivity index (χ2v) is 7.24. The van der Waals surface area contributed by atoms with Gasteiger partial charge in [-0.05, 0) is 30.3 Å². The molecule has 0 saturated carbocycles. The SMILES string of the molecule is O=C(C[C@H]1SC(=Nc2ccccc2)NC1=O)Nc1ccc(Cl)c(Cl)c1. The summed E-state index contributed by atoms with van der Waals surface area (Å²) in [6, 6.07) is 14.1. The molecule has 2 N–H and O–H groups in total. The van der Waals surface area contributed by atoms with Crippen LogP contribution >= 0.6 is 35.0 Å². The van der Waals surface area contributed by atoms with Gasteiger partial charge in [-0.15, -0.1) is 0 Å². The average molecular weight is 394 g/mol. The van der Waals surface area contributed by atoms with Crippen molar-refractivity contribution in [3.8, 4) is 0 Å². The van der Waals surface area contributed by atoms with Gasteiger partial charge in [-0.2, -0.15) is 0 Å². The number of nitrogens with one attached hydrogen (secondary N) is 2. The highest BCUT2D eigenvalue weighted by molar-refractivity contribution is 8.15. The molecule has 128 valence electrons. The van der Waals surface area contributed by atoms with Gasteiger partial charge in [0.15, 0.2) is 5.17 Å². The van der Waals surface area contributed by atoms with E-state index in [9.17, 15) is 9.59 Å². The van der Waals surface area contributed by atoms with Crippen LogP contribution in [-0.4, -0.2) is 22.2 Å². The summed E-state index contributed by atoms with van der Waals surface area (Å²) in [7, 11) is 0. The second kappa shape index (κ2) is 7.91. The van der Waals surface area contributed by atoms with E-state index in [1.54, 1.807) is 18.2 Å². The number of nitrogens with zero attached hydrogens (tertiary/aromatic N) is 1. The van der Waals surface area contributed by atoms with E-state index in [1.165, 1.54) is 11.8 Å². The maximum Gasteiger partial charge on any atom is 0.240 e. The Morgan fingerprint density at radius 2 is 1.92 bits per heavy atom. The summed E-state index contributed by atoms with van der Waals surface area (Å²) in [6.45, 7) is 0. The molecule has 0 bridgehead atoms. The summed E-state index contributed by atoms with van der Waals surface area (Å²) in [5.41, 5.74) is 1.27. The topological polar surface area (TPSA) is 70.6 Å². The van der Waals surface area contributed by atoms with Crippen molar-refractivity contribution in [1.29, 1.82) is 0 Å². The number of carbonyl (C=O) groups excluding carboxylic acids is 2. The van der Waals surface area contributed by atoms with Gasteiger partial charge in [0.25, 0.3) is 0 Å². The molecular weight excluding hydrogens is 381 g/mol. The van der Waals surface area contributed by atoms with E-state index in [-0.39, 0.29) is 18.2 Å². The maximum atomic E-state index is 12.2. The highest BCUT2D eigenvalue weighted by Crippen LogP contribution is 2.27. The Hall–Kier alpha value is -2.02. The average Bonchev–Trinajstić information content (AvgIpc) is 2.91. The monoisotopic (exact) mass is 393 g/mol. The second-order valence-electron chi connectivity index (χ2n) is 5.23. The third kappa shape index (κ3) is 4.75. The number of thioether (sulfide) groups is 1. The molecule has 2 aromatic rings. The number of halogens is 2. The Balaban J connectivity index is 1.61. The molecule has 1 heterocycles. The molecule has 0 unspecified atom stereocenters. The number of hydrogen-bond donors (Lipinski definition) is 2. The minimum absolute atomic E-state index is 0.0323. The third-order valence-corrected chi connectivity index (χ3v) is 5.16. The quantitative estimate of drug-likeness (QED) is 0.815. The number of benzene rings is 2. The van der Waals surface area contributed by atoms with E-state index in [0.29, 0.717) is 20.9 Å². The van der Waals surface area contributed by atoms with Crippen molar-refractivity contribution in [3.05, 3.63) is 58.6 Å². The van der Waals surface area contributed by atoms with Crippen molar-refractivity contribution in [2.45, 2.75) is 11.7 Å². The van der Waals surface area contributed by atoms with Gasteiger partial charge in [0, 0.05) is 12.1 Å². The van der Waals surface area contributed by atoms with Gasteiger partial charge in [-0.25, -0.2) is 4.99 Å². The Morgan fingerprint density at radius 3 is 2.64 bits per heavy atom. The van der Waals surface area contributed by atoms with Crippen LogP contribution in [0, 0.1) is 0 Å². The number of amidine groups is 1. The maximum absolute atomic E-state index is 12.2. The molecule has 1 saturated heterocycles. The van der Waals surface area contributed by atoms with Crippen molar-refractivity contribution >= 4 is 63.3 Å². The third-order valence-electron chi connectivity index (χ3n) is 3.34. The van der Waals surface area contributed by atoms with Gasteiger partial charge in [0.05, 0.1) is 15.7 Å². The van der Waals surface area contributed by atoms with Gasteiger partial charge in [-0.1, -0.05) is 53.2 Å². The number of rotatable bonds is 4. The Labute approximate surface area is 158 Å². The molecule has 5 nitrogen and oxygen atoms in total. The predicted molar refractivity (Wildman–Crippen MR) is 103 cm³/mol. The normalized spacial score (nSPS) is 18.2. The molecular formula is C17H13Cl2N3O2S. The van der Waals surface area contributed by atoms with Crippen LogP contribution in [-0.2, 0) is 9.59 Å². The Morgan fingerprint density at radius 1 is 1.16 bits per heavy atom. The van der Waals surface area contributed by atoms with E-state index in [0.717, 1.165) is 5.69 Å². The van der Waals surface area contributed by atoms with Crippen LogP contribution in [0.4, 0.5) is 11.4 Å². The summed E-state index contributed by atoms with van der Waals surface area (Å²) >= 11 is 13.0. The summed E-state index contributed by atoms with van der Waals surface area (Å²) in [4.78, 5) is 28.5. The van der Waals surface area contributed by atoms with Gasteiger partial charge in [-0.3, -0.25) is 9.59 Å². The van der Waals surface area contributed by atoms with Gasteiger partial charge in [0.2, 0.25) is 11.8 Å². The van der Waals surface area contributed by atoms with Gasteiger partial charge >= 0.3 is 0 Å². The fourth-order valence-electron chi connectivity index (χ4n) is 2.17. The standard InChI is InChI=1S/C17H13Cl2N3O2S/c18-12-7-6-11(8-13(12)19)20-15(23)9-14-16(24)22-17(25-14)21-10-4-2-1-3-5-10/h1-8,14H,9H2,(H,20,23)(H,21,22,24)/t14-/m1/s1. The molecule has 0 spiro atoms. The summed E-state index contributed by atoms with van der Waals surface area (Å²) < 4.78 is 0. The molecule has 0 radical (unpaired) electrons.